The fraction of sp³-hybridized carbons (Fsp3) is 0.229. The fourth-order valence-electron chi connectivity index (χ4n) is 4.35. The highest BCUT2D eigenvalue weighted by molar-refractivity contribution is 8.00. The summed E-state index contributed by atoms with van der Waals surface area (Å²) in [6, 6.07) is 22.3. The first-order valence-corrected chi connectivity index (χ1v) is 16.0. The van der Waals surface area contributed by atoms with Gasteiger partial charge in [0.1, 0.15) is 5.75 Å². The number of hydrogen-bond donors (Lipinski definition) is 1. The Bertz CT molecular complexity index is 1890. The molecule has 14 heteroatoms. The predicted octanol–water partition coefficient (Wildman–Crippen LogP) is 7.82. The Hall–Kier alpha value is -5.76. The van der Waals surface area contributed by atoms with Gasteiger partial charge in [-0.15, -0.1) is 0 Å². The maximum Gasteiger partial charge on any atom is 0.311 e. The van der Waals surface area contributed by atoms with E-state index < -0.39 is 10.9 Å². The third-order valence-corrected chi connectivity index (χ3v) is 7.71. The number of ether oxygens (including phenoxy) is 4. The molecule has 0 aliphatic rings. The first kappa shape index (κ1) is 34.6. The summed E-state index contributed by atoms with van der Waals surface area (Å²) in [5.41, 5.74) is 1.11. The lowest BCUT2D eigenvalue weighted by atomic mass is 9.87. The number of nitrogens with zero attached hydrogens (tertiary/aromatic N) is 5. The molecule has 2 heterocycles. The highest BCUT2D eigenvalue weighted by atomic mass is 32.2. The third-order valence-electron chi connectivity index (χ3n) is 6.91. The molecule has 0 radical (unpaired) electrons. The van der Waals surface area contributed by atoms with E-state index in [1.807, 2.05) is 18.2 Å². The van der Waals surface area contributed by atoms with Gasteiger partial charge in [-0.05, 0) is 71.8 Å². The van der Waals surface area contributed by atoms with Crippen molar-refractivity contribution in [1.82, 2.24) is 19.9 Å². The lowest BCUT2D eigenvalue weighted by Gasteiger charge is -2.19. The normalized spacial score (nSPS) is 11.0. The smallest absolute Gasteiger partial charge is 0.311 e. The predicted molar refractivity (Wildman–Crippen MR) is 184 cm³/mol. The van der Waals surface area contributed by atoms with E-state index in [1.54, 1.807) is 36.7 Å². The molecule has 252 valence electrons. The lowest BCUT2D eigenvalue weighted by Crippen LogP contribution is -2.11. The van der Waals surface area contributed by atoms with E-state index in [-0.39, 0.29) is 59.6 Å². The lowest BCUT2D eigenvalue weighted by molar-refractivity contribution is -0.384. The molecule has 0 atom stereocenters. The maximum atomic E-state index is 12.5. The molecule has 0 aliphatic heterocycles. The largest absolute Gasteiger partial charge is 0.493 e. The second-order valence-electron chi connectivity index (χ2n) is 11.5. The summed E-state index contributed by atoms with van der Waals surface area (Å²) in [5.74, 6) is 1.56. The second kappa shape index (κ2) is 15.9. The van der Waals surface area contributed by atoms with Crippen LogP contribution in [-0.4, -0.2) is 44.5 Å². The maximum absolute atomic E-state index is 12.5. The first-order chi connectivity index (χ1) is 23.6. The Balaban J connectivity index is 1.40. The van der Waals surface area contributed by atoms with Gasteiger partial charge in [-0.25, -0.2) is 15.0 Å². The molecule has 3 aromatic carbocycles. The summed E-state index contributed by atoms with van der Waals surface area (Å²) in [7, 11) is 1.54. The highest BCUT2D eigenvalue weighted by Gasteiger charge is 2.23. The van der Waals surface area contributed by atoms with E-state index in [4.69, 9.17) is 23.9 Å². The van der Waals surface area contributed by atoms with Crippen molar-refractivity contribution in [2.45, 2.75) is 43.9 Å². The summed E-state index contributed by atoms with van der Waals surface area (Å²) in [6.07, 6.45) is 3.44. The van der Waals surface area contributed by atoms with Crippen molar-refractivity contribution in [3.8, 4) is 40.5 Å². The molecule has 0 saturated carbocycles. The number of nitro groups is 1. The summed E-state index contributed by atoms with van der Waals surface area (Å²) < 4.78 is 26.6. The number of para-hydroxylation sites is 2. The van der Waals surface area contributed by atoms with Crippen LogP contribution in [-0.2, 0) is 10.2 Å². The molecule has 0 fully saturated rings. The monoisotopic (exact) mass is 682 g/mol. The van der Waals surface area contributed by atoms with E-state index in [9.17, 15) is 14.9 Å². The molecular formula is C35H34N6O7S. The summed E-state index contributed by atoms with van der Waals surface area (Å²) >= 11 is 1.33. The van der Waals surface area contributed by atoms with Crippen molar-refractivity contribution in [2.75, 3.05) is 18.4 Å². The van der Waals surface area contributed by atoms with Gasteiger partial charge in [-0.3, -0.25) is 14.9 Å². The van der Waals surface area contributed by atoms with E-state index in [0.717, 1.165) is 4.90 Å². The van der Waals surface area contributed by atoms with Crippen LogP contribution in [0.4, 0.5) is 11.5 Å². The van der Waals surface area contributed by atoms with Crippen LogP contribution in [0.15, 0.2) is 96.2 Å². The molecule has 13 nitrogen and oxygen atoms in total. The minimum atomic E-state index is -0.528. The van der Waals surface area contributed by atoms with Crippen molar-refractivity contribution >= 4 is 29.4 Å². The SMILES string of the molecule is COc1ccccc1Oc1c(NSc2ccc(C(C)(C)C)cc2)nc(-c2ncccn2)nc1OCCCC(=O)Oc1ccc([N+](=O)[O-])cc1. The van der Waals surface area contributed by atoms with Crippen molar-refractivity contribution in [2.24, 2.45) is 0 Å². The van der Waals surface area contributed by atoms with Gasteiger partial charge < -0.3 is 23.7 Å². The Kier molecular flexibility index (Phi) is 11.2. The van der Waals surface area contributed by atoms with Crippen molar-refractivity contribution < 1.29 is 28.7 Å². The van der Waals surface area contributed by atoms with Crippen LogP contribution in [0.2, 0.25) is 0 Å². The van der Waals surface area contributed by atoms with Gasteiger partial charge >= 0.3 is 5.97 Å². The number of anilines is 1. The number of methoxy groups -OCH3 is 1. The first-order valence-electron chi connectivity index (χ1n) is 15.2. The molecule has 0 spiro atoms. The van der Waals surface area contributed by atoms with Gasteiger partial charge in [0.05, 0.1) is 18.6 Å². The van der Waals surface area contributed by atoms with E-state index in [2.05, 4.69) is 52.6 Å². The summed E-state index contributed by atoms with van der Waals surface area (Å²) in [4.78, 5) is 41.8. The topological polar surface area (TPSA) is 161 Å². The number of esters is 1. The Morgan fingerprint density at radius 1 is 0.898 bits per heavy atom. The van der Waals surface area contributed by atoms with Crippen LogP contribution in [0, 0.1) is 10.1 Å². The second-order valence-corrected chi connectivity index (χ2v) is 12.4. The zero-order valence-electron chi connectivity index (χ0n) is 27.3. The van der Waals surface area contributed by atoms with Gasteiger partial charge in [-0.1, -0.05) is 45.0 Å². The quantitative estimate of drug-likeness (QED) is 0.0302. The van der Waals surface area contributed by atoms with Crippen molar-refractivity contribution in [1.29, 1.82) is 0 Å². The molecule has 5 rings (SSSR count). The number of carbonyl (C=O) groups excluding carboxylic acids is 1. The molecule has 0 amide bonds. The van der Waals surface area contributed by atoms with Crippen LogP contribution in [0.1, 0.15) is 39.2 Å². The molecule has 49 heavy (non-hydrogen) atoms. The molecule has 2 aromatic heterocycles. The zero-order valence-corrected chi connectivity index (χ0v) is 28.1. The van der Waals surface area contributed by atoms with E-state index in [0.29, 0.717) is 17.3 Å². The molecule has 5 aromatic rings. The molecular weight excluding hydrogens is 648 g/mol. The van der Waals surface area contributed by atoms with Crippen molar-refractivity contribution in [3.05, 3.63) is 107 Å². The van der Waals surface area contributed by atoms with Crippen molar-refractivity contribution in [3.63, 3.8) is 0 Å². The van der Waals surface area contributed by atoms with E-state index in [1.165, 1.54) is 48.9 Å². The molecule has 0 saturated heterocycles. The number of benzene rings is 3. The summed E-state index contributed by atoms with van der Waals surface area (Å²) in [6.45, 7) is 6.54. The summed E-state index contributed by atoms with van der Waals surface area (Å²) in [5, 5.41) is 10.9. The van der Waals surface area contributed by atoms with Crippen LogP contribution in [0.3, 0.4) is 0 Å². The molecule has 1 N–H and O–H groups in total. The number of non-ortho nitro benzene ring substituents is 1. The molecule has 0 unspecified atom stereocenters. The zero-order chi connectivity index (χ0) is 34.8. The Labute approximate surface area is 287 Å². The third kappa shape index (κ3) is 9.41. The molecule has 0 aliphatic carbocycles. The minimum Gasteiger partial charge on any atom is -0.493 e. The standard InChI is InChI=1S/C35H34N6O7S/c1-35(2,3)23-12-18-26(19-13-23)49-40-31-30(48-28-10-6-5-9-27(28)45-4)34(39-33(38-31)32-36-20-8-21-37-32)46-22-7-11-29(42)47-25-16-14-24(15-17-25)41(43)44/h5-6,8-10,12-21H,7,11,22H2,1-4H3,(H,38,39,40). The average Bonchev–Trinajstić information content (AvgIpc) is 3.10. The van der Waals surface area contributed by atoms with Crippen LogP contribution in [0.5, 0.6) is 28.9 Å². The van der Waals surface area contributed by atoms with Crippen LogP contribution >= 0.6 is 11.9 Å². The van der Waals surface area contributed by atoms with E-state index >= 15 is 0 Å². The van der Waals surface area contributed by atoms with Crippen LogP contribution < -0.4 is 23.7 Å². The van der Waals surface area contributed by atoms with Gasteiger partial charge in [0, 0.05) is 35.8 Å². The van der Waals surface area contributed by atoms with Gasteiger partial charge in [0.2, 0.25) is 11.6 Å². The number of carbonyl (C=O) groups is 1. The number of nitrogens with one attached hydrogen (secondary N) is 1. The highest BCUT2D eigenvalue weighted by Crippen LogP contribution is 2.42. The Morgan fingerprint density at radius 3 is 2.24 bits per heavy atom. The van der Waals surface area contributed by atoms with Gasteiger partial charge in [-0.2, -0.15) is 4.98 Å². The van der Waals surface area contributed by atoms with Crippen LogP contribution in [0.25, 0.3) is 11.6 Å². The Morgan fingerprint density at radius 2 is 1.59 bits per heavy atom. The molecule has 0 bridgehead atoms. The number of rotatable bonds is 14. The average molecular weight is 683 g/mol. The fourth-order valence-corrected chi connectivity index (χ4v) is 4.98. The van der Waals surface area contributed by atoms with Gasteiger partial charge in [0.25, 0.3) is 11.6 Å². The van der Waals surface area contributed by atoms with Gasteiger partial charge in [0.15, 0.2) is 23.1 Å². The number of hydrogen-bond acceptors (Lipinski definition) is 13. The number of nitro benzene ring substituents is 1. The number of aromatic nitrogens is 4. The minimum absolute atomic E-state index is 0.00490.